The molecule has 2 aromatic rings. The van der Waals surface area contributed by atoms with Gasteiger partial charge in [-0.05, 0) is 25.5 Å². The van der Waals surface area contributed by atoms with Gasteiger partial charge in [0.25, 0.3) is 0 Å². The molecule has 0 aliphatic heterocycles. The van der Waals surface area contributed by atoms with Crippen LogP contribution < -0.4 is 4.74 Å². The van der Waals surface area contributed by atoms with Gasteiger partial charge in [0.1, 0.15) is 12.4 Å². The standard InChI is InChI=1S/C16H18O2/c1-12-6-5-7-14(10-12)11-18-16-9-4-3-8-15(16)13(2)17/h3-10,13,17H,11H2,1-2H3/t13-/m0/s1. The van der Waals surface area contributed by atoms with Crippen LogP contribution in [0.5, 0.6) is 5.75 Å². The van der Waals surface area contributed by atoms with E-state index in [4.69, 9.17) is 4.74 Å². The summed E-state index contributed by atoms with van der Waals surface area (Å²) < 4.78 is 5.78. The first-order valence-corrected chi connectivity index (χ1v) is 6.12. The predicted octanol–water partition coefficient (Wildman–Crippen LogP) is 3.63. The number of hydrogen-bond donors (Lipinski definition) is 1. The quantitative estimate of drug-likeness (QED) is 0.887. The van der Waals surface area contributed by atoms with E-state index in [0.717, 1.165) is 16.9 Å². The Morgan fingerprint density at radius 1 is 1.11 bits per heavy atom. The second-order valence-electron chi connectivity index (χ2n) is 4.49. The lowest BCUT2D eigenvalue weighted by Gasteiger charge is -2.13. The van der Waals surface area contributed by atoms with Crippen LogP contribution in [0.25, 0.3) is 0 Å². The van der Waals surface area contributed by atoms with Crippen LogP contribution in [0.4, 0.5) is 0 Å². The van der Waals surface area contributed by atoms with Crippen LogP contribution in [0.2, 0.25) is 0 Å². The van der Waals surface area contributed by atoms with Gasteiger partial charge >= 0.3 is 0 Å². The van der Waals surface area contributed by atoms with Crippen molar-refractivity contribution >= 4 is 0 Å². The molecule has 2 heteroatoms. The molecule has 18 heavy (non-hydrogen) atoms. The van der Waals surface area contributed by atoms with E-state index >= 15 is 0 Å². The van der Waals surface area contributed by atoms with Crippen molar-refractivity contribution in [2.24, 2.45) is 0 Å². The lowest BCUT2D eigenvalue weighted by atomic mass is 10.1. The second-order valence-corrected chi connectivity index (χ2v) is 4.49. The summed E-state index contributed by atoms with van der Waals surface area (Å²) in [6, 6.07) is 15.8. The highest BCUT2D eigenvalue weighted by molar-refractivity contribution is 5.35. The molecule has 0 bridgehead atoms. The monoisotopic (exact) mass is 242 g/mol. The van der Waals surface area contributed by atoms with E-state index in [9.17, 15) is 5.11 Å². The van der Waals surface area contributed by atoms with Gasteiger partial charge in [0.2, 0.25) is 0 Å². The fourth-order valence-electron chi connectivity index (χ4n) is 1.92. The van der Waals surface area contributed by atoms with E-state index in [1.807, 2.05) is 36.4 Å². The first-order chi connectivity index (χ1) is 8.66. The average Bonchev–Trinajstić information content (AvgIpc) is 2.37. The van der Waals surface area contributed by atoms with E-state index in [1.165, 1.54) is 5.56 Å². The van der Waals surface area contributed by atoms with Crippen LogP contribution >= 0.6 is 0 Å². The molecule has 0 saturated heterocycles. The SMILES string of the molecule is Cc1cccc(COc2ccccc2[C@H](C)O)c1. The Morgan fingerprint density at radius 3 is 2.61 bits per heavy atom. The number of rotatable bonds is 4. The van der Waals surface area contributed by atoms with Gasteiger partial charge in [0.05, 0.1) is 6.10 Å². The summed E-state index contributed by atoms with van der Waals surface area (Å²) in [5.41, 5.74) is 3.18. The Kier molecular flexibility index (Phi) is 4.00. The van der Waals surface area contributed by atoms with E-state index in [0.29, 0.717) is 6.61 Å². The Bertz CT molecular complexity index is 518. The molecule has 2 rings (SSSR count). The summed E-state index contributed by atoms with van der Waals surface area (Å²) in [6.07, 6.45) is -0.515. The lowest BCUT2D eigenvalue weighted by Crippen LogP contribution is -2.00. The zero-order valence-electron chi connectivity index (χ0n) is 10.8. The minimum absolute atomic E-state index is 0.515. The maximum Gasteiger partial charge on any atom is 0.125 e. The zero-order chi connectivity index (χ0) is 13.0. The topological polar surface area (TPSA) is 29.5 Å². The maximum absolute atomic E-state index is 9.67. The molecule has 0 aromatic heterocycles. The molecule has 0 saturated carbocycles. The Hall–Kier alpha value is -1.80. The highest BCUT2D eigenvalue weighted by Crippen LogP contribution is 2.25. The summed E-state index contributed by atoms with van der Waals surface area (Å²) in [6.45, 7) is 4.33. The number of aryl methyl sites for hydroxylation is 1. The maximum atomic E-state index is 9.67. The van der Waals surface area contributed by atoms with E-state index in [2.05, 4.69) is 19.1 Å². The van der Waals surface area contributed by atoms with Crippen LogP contribution in [0.15, 0.2) is 48.5 Å². The highest BCUT2D eigenvalue weighted by atomic mass is 16.5. The number of benzene rings is 2. The highest BCUT2D eigenvalue weighted by Gasteiger charge is 2.08. The van der Waals surface area contributed by atoms with Crippen molar-refractivity contribution in [2.45, 2.75) is 26.6 Å². The van der Waals surface area contributed by atoms with Gasteiger partial charge in [-0.2, -0.15) is 0 Å². The number of aliphatic hydroxyl groups is 1. The molecule has 0 aliphatic carbocycles. The van der Waals surface area contributed by atoms with Gasteiger partial charge in [-0.15, -0.1) is 0 Å². The van der Waals surface area contributed by atoms with Gasteiger partial charge in [0.15, 0.2) is 0 Å². The van der Waals surface area contributed by atoms with Crippen molar-refractivity contribution in [3.8, 4) is 5.75 Å². The molecule has 0 fully saturated rings. The smallest absolute Gasteiger partial charge is 0.125 e. The van der Waals surface area contributed by atoms with E-state index in [-0.39, 0.29) is 0 Å². The largest absolute Gasteiger partial charge is 0.489 e. The molecule has 0 spiro atoms. The molecule has 1 atom stereocenters. The van der Waals surface area contributed by atoms with Crippen molar-refractivity contribution in [1.82, 2.24) is 0 Å². The summed E-state index contributed by atoms with van der Waals surface area (Å²) in [4.78, 5) is 0. The first-order valence-electron chi connectivity index (χ1n) is 6.12. The molecule has 0 aliphatic rings. The van der Waals surface area contributed by atoms with Crippen molar-refractivity contribution in [3.05, 3.63) is 65.2 Å². The molecule has 0 unspecified atom stereocenters. The van der Waals surface area contributed by atoms with Crippen molar-refractivity contribution in [1.29, 1.82) is 0 Å². The van der Waals surface area contributed by atoms with Crippen molar-refractivity contribution in [2.75, 3.05) is 0 Å². The van der Waals surface area contributed by atoms with Crippen molar-refractivity contribution in [3.63, 3.8) is 0 Å². The van der Waals surface area contributed by atoms with E-state index < -0.39 is 6.10 Å². The van der Waals surface area contributed by atoms with Gasteiger partial charge in [0, 0.05) is 5.56 Å². The molecule has 0 radical (unpaired) electrons. The lowest BCUT2D eigenvalue weighted by molar-refractivity contribution is 0.190. The van der Waals surface area contributed by atoms with Gasteiger partial charge in [-0.25, -0.2) is 0 Å². The third-order valence-electron chi connectivity index (χ3n) is 2.85. The summed E-state index contributed by atoms with van der Waals surface area (Å²) in [5.74, 6) is 0.744. The minimum atomic E-state index is -0.515. The molecular weight excluding hydrogens is 224 g/mol. The molecular formula is C16H18O2. The molecule has 0 heterocycles. The molecule has 94 valence electrons. The fraction of sp³-hybridized carbons (Fsp3) is 0.250. The average molecular weight is 242 g/mol. The third-order valence-corrected chi connectivity index (χ3v) is 2.85. The second kappa shape index (κ2) is 5.69. The summed E-state index contributed by atoms with van der Waals surface area (Å²) in [5, 5.41) is 9.67. The van der Waals surface area contributed by atoms with Gasteiger partial charge in [-0.1, -0.05) is 48.0 Å². The molecule has 1 N–H and O–H groups in total. The normalized spacial score (nSPS) is 12.2. The molecule has 2 nitrogen and oxygen atoms in total. The van der Waals surface area contributed by atoms with Crippen LogP contribution in [0.1, 0.15) is 29.7 Å². The predicted molar refractivity (Wildman–Crippen MR) is 72.6 cm³/mol. The Balaban J connectivity index is 2.11. The zero-order valence-corrected chi connectivity index (χ0v) is 10.8. The van der Waals surface area contributed by atoms with Crippen LogP contribution in [0, 0.1) is 6.92 Å². The first kappa shape index (κ1) is 12.7. The summed E-state index contributed by atoms with van der Waals surface area (Å²) in [7, 11) is 0. The van der Waals surface area contributed by atoms with Crippen LogP contribution in [0.3, 0.4) is 0 Å². The number of para-hydroxylation sites is 1. The van der Waals surface area contributed by atoms with Crippen LogP contribution in [-0.4, -0.2) is 5.11 Å². The van der Waals surface area contributed by atoms with Crippen LogP contribution in [-0.2, 0) is 6.61 Å². The summed E-state index contributed by atoms with van der Waals surface area (Å²) >= 11 is 0. The fourth-order valence-corrected chi connectivity index (χ4v) is 1.92. The Morgan fingerprint density at radius 2 is 1.89 bits per heavy atom. The minimum Gasteiger partial charge on any atom is -0.489 e. The van der Waals surface area contributed by atoms with E-state index in [1.54, 1.807) is 6.92 Å². The number of hydrogen-bond acceptors (Lipinski definition) is 2. The van der Waals surface area contributed by atoms with Gasteiger partial charge in [-0.3, -0.25) is 0 Å². The molecule has 2 aromatic carbocycles. The third kappa shape index (κ3) is 3.11. The number of ether oxygens (including phenoxy) is 1. The number of aliphatic hydroxyl groups excluding tert-OH is 1. The van der Waals surface area contributed by atoms with Crippen molar-refractivity contribution < 1.29 is 9.84 Å². The molecule has 0 amide bonds. The Labute approximate surface area is 108 Å². The van der Waals surface area contributed by atoms with Gasteiger partial charge < -0.3 is 9.84 Å².